The van der Waals surface area contributed by atoms with Crippen LogP contribution in [-0.4, -0.2) is 66.6 Å². The summed E-state index contributed by atoms with van der Waals surface area (Å²) in [4.78, 5) is 20.0. The van der Waals surface area contributed by atoms with Crippen molar-refractivity contribution in [1.29, 1.82) is 0 Å². The number of thiazole rings is 1. The molecule has 1 atom stereocenters. The molecule has 0 bridgehead atoms. The maximum Gasteiger partial charge on any atom is 0.236 e. The van der Waals surface area contributed by atoms with Crippen molar-refractivity contribution in [3.8, 4) is 0 Å². The second kappa shape index (κ2) is 7.17. The van der Waals surface area contributed by atoms with Crippen molar-refractivity contribution >= 4 is 28.6 Å². The highest BCUT2D eigenvalue weighted by molar-refractivity contribution is 7.15. The minimum absolute atomic E-state index is 0.0228. The molecule has 0 aromatic carbocycles. The molecule has 1 aromatic rings. The number of morpholine rings is 1. The van der Waals surface area contributed by atoms with Crippen molar-refractivity contribution in [3.63, 3.8) is 0 Å². The summed E-state index contributed by atoms with van der Waals surface area (Å²) in [6, 6.07) is 0. The Labute approximate surface area is 134 Å². The molecule has 7 nitrogen and oxygen atoms in total. The minimum Gasteiger partial charge on any atom is -0.444 e. The normalized spacial score (nSPS) is 22.4. The summed E-state index contributed by atoms with van der Waals surface area (Å²) in [5.74, 6) is -0.0232. The molecule has 2 aliphatic heterocycles. The summed E-state index contributed by atoms with van der Waals surface area (Å²) < 4.78 is 7.16. The number of nitrogens with one attached hydrogen (secondary N) is 1. The van der Waals surface area contributed by atoms with Gasteiger partial charge in [0.15, 0.2) is 5.13 Å². The number of carbonyl (C=O) groups excluding carboxylic acids is 1. The van der Waals surface area contributed by atoms with Crippen molar-refractivity contribution < 1.29 is 14.2 Å². The third-order valence-corrected chi connectivity index (χ3v) is 4.80. The van der Waals surface area contributed by atoms with E-state index in [1.807, 2.05) is 17.1 Å². The van der Waals surface area contributed by atoms with Gasteiger partial charge in [0, 0.05) is 37.1 Å². The predicted octanol–water partition coefficient (Wildman–Crippen LogP) is 0.935. The van der Waals surface area contributed by atoms with Crippen molar-refractivity contribution in [3.05, 3.63) is 16.5 Å². The number of hydrogen-bond acceptors (Lipinski definition) is 5. The molecule has 3 heterocycles. The second-order valence-electron chi connectivity index (χ2n) is 5.45. The average Bonchev–Trinajstić information content (AvgIpc) is 3.17. The van der Waals surface area contributed by atoms with Crippen LogP contribution < -0.4 is 5.32 Å². The molecule has 8 heteroatoms. The summed E-state index contributed by atoms with van der Waals surface area (Å²) in [6.45, 7) is 5.01. The molecule has 1 fully saturated rings. The Morgan fingerprint density at radius 2 is 2.41 bits per heavy atom. The van der Waals surface area contributed by atoms with Crippen LogP contribution in [0, 0.1) is 5.92 Å². The zero-order valence-corrected chi connectivity index (χ0v) is 13.5. The van der Waals surface area contributed by atoms with Crippen molar-refractivity contribution in [2.24, 2.45) is 5.92 Å². The molecule has 1 unspecified atom stereocenters. The van der Waals surface area contributed by atoms with Crippen LogP contribution >= 0.6 is 11.3 Å². The zero-order chi connectivity index (χ0) is 15.4. The highest BCUT2D eigenvalue weighted by Crippen LogP contribution is 2.22. The number of hydrogen-bond donors (Lipinski definition) is 1. The fraction of sp³-hybridized carbons (Fsp3) is 0.643. The first-order chi connectivity index (χ1) is 10.7. The summed E-state index contributed by atoms with van der Waals surface area (Å²) in [7, 11) is 1.73. The van der Waals surface area contributed by atoms with E-state index < -0.39 is 0 Å². The molecule has 3 rings (SSSR count). The van der Waals surface area contributed by atoms with Gasteiger partial charge in [-0.3, -0.25) is 14.4 Å². The van der Waals surface area contributed by atoms with E-state index in [0.717, 1.165) is 39.3 Å². The van der Waals surface area contributed by atoms with Crippen molar-refractivity contribution in [2.45, 2.75) is 13.0 Å². The number of amides is 1. The first-order valence-corrected chi connectivity index (χ1v) is 8.31. The summed E-state index contributed by atoms with van der Waals surface area (Å²) in [6.07, 6.45) is 4.54. The highest BCUT2D eigenvalue weighted by Gasteiger charge is 2.27. The van der Waals surface area contributed by atoms with Gasteiger partial charge in [0.2, 0.25) is 5.91 Å². The molecule has 1 N–H and O–H groups in total. The molecule has 0 radical (unpaired) electrons. The molecular weight excluding hydrogens is 302 g/mol. The van der Waals surface area contributed by atoms with Gasteiger partial charge in [0.1, 0.15) is 18.7 Å². The molecule has 1 aromatic heterocycles. The first-order valence-electron chi connectivity index (χ1n) is 7.50. The van der Waals surface area contributed by atoms with Gasteiger partial charge in [-0.15, -0.1) is 11.3 Å². The van der Waals surface area contributed by atoms with Crippen LogP contribution in [0.1, 0.15) is 11.3 Å². The lowest BCUT2D eigenvalue weighted by Crippen LogP contribution is -2.35. The maximum atomic E-state index is 12.2. The molecule has 2 aliphatic rings. The lowest BCUT2D eigenvalue weighted by molar-refractivity contribution is -0.467. The number of ether oxygens (including phenoxy) is 1. The molecule has 0 spiro atoms. The molecule has 22 heavy (non-hydrogen) atoms. The van der Waals surface area contributed by atoms with Crippen LogP contribution in [0.25, 0.3) is 5.43 Å². The highest BCUT2D eigenvalue weighted by atomic mass is 32.1. The lowest BCUT2D eigenvalue weighted by atomic mass is 10.1. The Morgan fingerprint density at radius 1 is 1.59 bits per heavy atom. The maximum absolute atomic E-state index is 12.2. The van der Waals surface area contributed by atoms with Crippen LogP contribution in [0.4, 0.5) is 5.13 Å². The van der Waals surface area contributed by atoms with Gasteiger partial charge >= 0.3 is 0 Å². The van der Waals surface area contributed by atoms with Crippen molar-refractivity contribution in [2.75, 3.05) is 45.2 Å². The van der Waals surface area contributed by atoms with E-state index in [4.69, 9.17) is 4.74 Å². The van der Waals surface area contributed by atoms with Gasteiger partial charge < -0.3 is 15.5 Å². The largest absolute Gasteiger partial charge is 0.444 e. The monoisotopic (exact) mass is 323 g/mol. The third kappa shape index (κ3) is 3.82. The number of rotatable bonds is 5. The number of anilines is 1. The van der Waals surface area contributed by atoms with Gasteiger partial charge in [-0.1, -0.05) is 7.05 Å². The van der Waals surface area contributed by atoms with E-state index in [9.17, 15) is 4.79 Å². The Balaban J connectivity index is 1.50. The molecule has 1 saturated heterocycles. The molecule has 0 aliphatic carbocycles. The minimum atomic E-state index is -0.0460. The molecular formula is C14H21N5O2S. The lowest BCUT2D eigenvalue weighted by Gasteiger charge is -2.25. The van der Waals surface area contributed by atoms with E-state index in [1.165, 1.54) is 4.88 Å². The topological polar surface area (TPSA) is 71.6 Å². The Morgan fingerprint density at radius 3 is 3.14 bits per heavy atom. The quantitative estimate of drug-likeness (QED) is 0.819. The zero-order valence-electron chi connectivity index (χ0n) is 12.7. The smallest absolute Gasteiger partial charge is 0.236 e. The molecule has 0 saturated carbocycles. The summed E-state index contributed by atoms with van der Waals surface area (Å²) >= 11 is 1.55. The summed E-state index contributed by atoms with van der Waals surface area (Å²) in [5, 5.41) is 3.60. The van der Waals surface area contributed by atoms with Gasteiger partial charge in [0.25, 0.3) is 0 Å². The van der Waals surface area contributed by atoms with Crippen LogP contribution in [0.3, 0.4) is 0 Å². The van der Waals surface area contributed by atoms with E-state index in [-0.39, 0.29) is 11.8 Å². The average molecular weight is 323 g/mol. The number of carbonyl (C=O) groups is 1. The van der Waals surface area contributed by atoms with E-state index in [2.05, 4.69) is 20.6 Å². The Kier molecular flexibility index (Phi) is 5.01. The van der Waals surface area contributed by atoms with E-state index >= 15 is 0 Å². The van der Waals surface area contributed by atoms with Gasteiger partial charge in [-0.25, -0.2) is 4.98 Å². The second-order valence-corrected chi connectivity index (χ2v) is 6.56. The fourth-order valence-electron chi connectivity index (χ4n) is 2.60. The first kappa shape index (κ1) is 15.4. The van der Waals surface area contributed by atoms with Gasteiger partial charge in [-0.05, 0) is 0 Å². The Hall–Kier alpha value is -1.51. The Bertz CT molecular complexity index is 553. The van der Waals surface area contributed by atoms with E-state index in [1.54, 1.807) is 18.4 Å². The van der Waals surface area contributed by atoms with Crippen LogP contribution in [0.5, 0.6) is 0 Å². The van der Waals surface area contributed by atoms with Crippen LogP contribution in [-0.2, 0) is 16.1 Å². The van der Waals surface area contributed by atoms with Crippen LogP contribution in [0.2, 0.25) is 0 Å². The summed E-state index contributed by atoms with van der Waals surface area (Å²) in [5.41, 5.74) is 4.07. The van der Waals surface area contributed by atoms with Gasteiger partial charge in [0.05, 0.1) is 13.2 Å². The SMILES string of the molecule is C[N-][N+]1=CCC(C(=O)Nc2ncc(CN3CCOCC3)s2)C1. The van der Waals surface area contributed by atoms with Gasteiger partial charge in [-0.2, -0.15) is 0 Å². The van der Waals surface area contributed by atoms with Crippen molar-refractivity contribution in [1.82, 2.24) is 9.88 Å². The van der Waals surface area contributed by atoms with Crippen LogP contribution in [0.15, 0.2) is 6.20 Å². The van der Waals surface area contributed by atoms with E-state index in [0.29, 0.717) is 11.7 Å². The third-order valence-electron chi connectivity index (χ3n) is 3.90. The number of aromatic nitrogens is 1. The standard InChI is InChI=1S/C14H21N5O2S/c1-15-19-3-2-11(9-19)13(20)17-14-16-8-12(22-14)10-18-4-6-21-7-5-18/h3,8,11H,2,4-7,9-10H2,1H3,(H,16,17,20). The fourth-order valence-corrected chi connectivity index (χ4v) is 3.46. The molecule has 1 amide bonds. The number of nitrogens with zero attached hydrogens (tertiary/aromatic N) is 4. The molecule has 120 valence electrons. The predicted molar refractivity (Wildman–Crippen MR) is 85.4 cm³/mol.